The summed E-state index contributed by atoms with van der Waals surface area (Å²) < 4.78 is 2.19. The first kappa shape index (κ1) is 18.5. The molecule has 24 heavy (non-hydrogen) atoms. The molecule has 0 bridgehead atoms. The quantitative estimate of drug-likeness (QED) is 0.880. The molecule has 0 radical (unpaired) electrons. The van der Waals surface area contributed by atoms with Gasteiger partial charge in [-0.1, -0.05) is 0 Å². The number of aliphatic hydroxyl groups excluding tert-OH is 1. The summed E-state index contributed by atoms with van der Waals surface area (Å²) in [4.78, 5) is 8.90. The zero-order valence-corrected chi connectivity index (χ0v) is 14.9. The summed E-state index contributed by atoms with van der Waals surface area (Å²) in [5.74, 6) is 2.02. The molecule has 2 aromatic rings. The molecule has 1 unspecified atom stereocenters. The minimum Gasteiger partial charge on any atom is -0.385 e. The molecule has 2 heterocycles. The Morgan fingerprint density at radius 3 is 2.71 bits per heavy atom. The van der Waals surface area contributed by atoms with Crippen LogP contribution in [0.15, 0.2) is 12.3 Å². The fourth-order valence-electron chi connectivity index (χ4n) is 3.57. The maximum atomic E-state index is 10.1. The van der Waals surface area contributed by atoms with Crippen molar-refractivity contribution in [2.75, 3.05) is 12.4 Å². The van der Waals surface area contributed by atoms with E-state index in [2.05, 4.69) is 25.9 Å². The molecule has 0 aliphatic heterocycles. The minimum absolute atomic E-state index is 0. The summed E-state index contributed by atoms with van der Waals surface area (Å²) >= 11 is 0. The Labute approximate surface area is 148 Å². The van der Waals surface area contributed by atoms with Gasteiger partial charge in [-0.3, -0.25) is 0 Å². The fraction of sp³-hybridized carbons (Fsp3) is 0.588. The first-order valence-corrected chi connectivity index (χ1v) is 8.24. The molecule has 0 spiro atoms. The van der Waals surface area contributed by atoms with E-state index in [0.717, 1.165) is 42.5 Å². The van der Waals surface area contributed by atoms with E-state index in [1.165, 1.54) is 0 Å². The normalized spacial score (nSPS) is 21.8. The predicted molar refractivity (Wildman–Crippen MR) is 96.2 cm³/mol. The van der Waals surface area contributed by atoms with E-state index in [1.807, 2.05) is 13.1 Å². The van der Waals surface area contributed by atoms with Crippen LogP contribution in [-0.4, -0.2) is 26.7 Å². The van der Waals surface area contributed by atoms with Gasteiger partial charge >= 0.3 is 0 Å². The number of aromatic nitrogens is 3. The van der Waals surface area contributed by atoms with Crippen LogP contribution >= 0.6 is 12.4 Å². The van der Waals surface area contributed by atoms with Crippen molar-refractivity contribution in [3.63, 3.8) is 0 Å². The van der Waals surface area contributed by atoms with E-state index in [1.54, 1.807) is 13.1 Å². The Kier molecular flexibility index (Phi) is 6.03. The van der Waals surface area contributed by atoms with E-state index >= 15 is 0 Å². The van der Waals surface area contributed by atoms with Crippen LogP contribution in [0, 0.1) is 17.2 Å². The second kappa shape index (κ2) is 7.82. The highest BCUT2D eigenvalue weighted by atomic mass is 35.5. The average Bonchev–Trinajstić information content (AvgIpc) is 2.94. The predicted octanol–water partition coefficient (Wildman–Crippen LogP) is 3.59. The Balaban J connectivity index is 0.00000208. The molecular formula is C17H24ClN5O. The molecule has 1 fully saturated rings. The largest absolute Gasteiger partial charge is 0.385 e. The number of imidazole rings is 1. The number of anilines is 1. The highest BCUT2D eigenvalue weighted by molar-refractivity contribution is 5.85. The smallest absolute Gasteiger partial charge is 0.138 e. The topological polar surface area (TPSA) is 86.8 Å². The zero-order chi connectivity index (χ0) is 16.4. The van der Waals surface area contributed by atoms with Gasteiger partial charge in [0.25, 0.3) is 0 Å². The van der Waals surface area contributed by atoms with Crippen molar-refractivity contribution in [2.45, 2.75) is 51.2 Å². The summed E-state index contributed by atoms with van der Waals surface area (Å²) in [6, 6.07) is 4.61. The highest BCUT2D eigenvalue weighted by Crippen LogP contribution is 2.37. The van der Waals surface area contributed by atoms with Gasteiger partial charge in [-0.05, 0) is 38.5 Å². The Morgan fingerprint density at radius 2 is 2.12 bits per heavy atom. The van der Waals surface area contributed by atoms with Gasteiger partial charge in [-0.15, -0.1) is 12.4 Å². The van der Waals surface area contributed by atoms with Crippen molar-refractivity contribution in [1.82, 2.24) is 14.5 Å². The van der Waals surface area contributed by atoms with Gasteiger partial charge in [-0.2, -0.15) is 5.26 Å². The van der Waals surface area contributed by atoms with Crippen molar-refractivity contribution in [3.8, 4) is 6.07 Å². The minimum atomic E-state index is -0.614. The lowest BCUT2D eigenvalue weighted by Gasteiger charge is -2.30. The maximum absolute atomic E-state index is 10.1. The molecular weight excluding hydrogens is 326 g/mol. The molecule has 6 nitrogen and oxygen atoms in total. The SMILES string of the molecule is CNc1cc2c(cn1)nc(C(C)O)n2[C@H]1CC[C@H](CC#N)CC1.Cl. The van der Waals surface area contributed by atoms with Gasteiger partial charge in [0.05, 0.1) is 17.8 Å². The first-order chi connectivity index (χ1) is 11.1. The Morgan fingerprint density at radius 1 is 1.42 bits per heavy atom. The van der Waals surface area contributed by atoms with Crippen molar-refractivity contribution >= 4 is 29.3 Å². The van der Waals surface area contributed by atoms with E-state index in [-0.39, 0.29) is 12.4 Å². The van der Waals surface area contributed by atoms with Gasteiger partial charge in [0, 0.05) is 25.6 Å². The third-order valence-corrected chi connectivity index (χ3v) is 4.79. The molecule has 130 valence electrons. The number of hydrogen-bond donors (Lipinski definition) is 2. The average molecular weight is 350 g/mol. The molecule has 0 aromatic carbocycles. The van der Waals surface area contributed by atoms with E-state index in [0.29, 0.717) is 24.2 Å². The number of nitrogens with zero attached hydrogens (tertiary/aromatic N) is 4. The number of nitriles is 1. The van der Waals surface area contributed by atoms with Crippen molar-refractivity contribution in [2.24, 2.45) is 5.92 Å². The van der Waals surface area contributed by atoms with Crippen molar-refractivity contribution in [3.05, 3.63) is 18.1 Å². The molecule has 0 amide bonds. The summed E-state index contributed by atoms with van der Waals surface area (Å²) in [6.45, 7) is 1.76. The second-order valence-corrected chi connectivity index (χ2v) is 6.36. The van der Waals surface area contributed by atoms with Crippen LogP contribution in [0.25, 0.3) is 11.0 Å². The van der Waals surface area contributed by atoms with Crippen LogP contribution in [0.3, 0.4) is 0 Å². The van der Waals surface area contributed by atoms with Gasteiger partial charge in [0.15, 0.2) is 0 Å². The van der Waals surface area contributed by atoms with Crippen molar-refractivity contribution < 1.29 is 5.11 Å². The van der Waals surface area contributed by atoms with E-state index < -0.39 is 6.10 Å². The molecule has 1 aliphatic carbocycles. The number of pyridine rings is 1. The summed E-state index contributed by atoms with van der Waals surface area (Å²) in [5.41, 5.74) is 1.84. The zero-order valence-electron chi connectivity index (χ0n) is 14.1. The van der Waals surface area contributed by atoms with E-state index in [9.17, 15) is 5.11 Å². The number of aliphatic hydroxyl groups is 1. The molecule has 2 aromatic heterocycles. The summed E-state index contributed by atoms with van der Waals surface area (Å²) in [7, 11) is 1.84. The fourth-order valence-corrected chi connectivity index (χ4v) is 3.57. The van der Waals surface area contributed by atoms with Gasteiger partial charge in [0.2, 0.25) is 0 Å². The third-order valence-electron chi connectivity index (χ3n) is 4.79. The van der Waals surface area contributed by atoms with Gasteiger partial charge < -0.3 is 15.0 Å². The molecule has 7 heteroatoms. The van der Waals surface area contributed by atoms with Crippen LogP contribution in [0.2, 0.25) is 0 Å². The van der Waals surface area contributed by atoms with Crippen LogP contribution in [0.4, 0.5) is 5.82 Å². The monoisotopic (exact) mass is 349 g/mol. The molecule has 1 atom stereocenters. The number of fused-ring (bicyclic) bond motifs is 1. The van der Waals surface area contributed by atoms with E-state index in [4.69, 9.17) is 5.26 Å². The number of hydrogen-bond acceptors (Lipinski definition) is 5. The molecule has 0 saturated heterocycles. The maximum Gasteiger partial charge on any atom is 0.138 e. The number of nitrogens with one attached hydrogen (secondary N) is 1. The molecule has 1 saturated carbocycles. The van der Waals surface area contributed by atoms with Crippen LogP contribution in [-0.2, 0) is 0 Å². The van der Waals surface area contributed by atoms with Crippen LogP contribution < -0.4 is 5.32 Å². The number of rotatable bonds is 4. The lowest BCUT2D eigenvalue weighted by atomic mass is 9.84. The molecule has 3 rings (SSSR count). The van der Waals surface area contributed by atoms with Crippen LogP contribution in [0.5, 0.6) is 0 Å². The lowest BCUT2D eigenvalue weighted by molar-refractivity contribution is 0.175. The standard InChI is InChI=1S/C17H23N5O.ClH/c1-11(23)17-21-14-10-20-16(19-2)9-15(14)22(17)13-5-3-12(4-6-13)7-8-18;/h9-13,23H,3-7H2,1-2H3,(H,19,20);1H/t11?,12-,13-;. The Hall–Kier alpha value is -1.84. The third kappa shape index (κ3) is 3.47. The van der Waals surface area contributed by atoms with Crippen molar-refractivity contribution in [1.29, 1.82) is 5.26 Å². The molecule has 1 aliphatic rings. The molecule has 2 N–H and O–H groups in total. The lowest BCUT2D eigenvalue weighted by Crippen LogP contribution is -2.20. The highest BCUT2D eigenvalue weighted by Gasteiger charge is 2.27. The van der Waals surface area contributed by atoms with Crippen LogP contribution in [0.1, 0.15) is 57.0 Å². The summed E-state index contributed by atoms with van der Waals surface area (Å²) in [5, 5.41) is 22.1. The van der Waals surface area contributed by atoms with Gasteiger partial charge in [0.1, 0.15) is 23.3 Å². The van der Waals surface area contributed by atoms with Gasteiger partial charge in [-0.25, -0.2) is 9.97 Å². The Bertz CT molecular complexity index is 728. The number of halogens is 1. The first-order valence-electron chi connectivity index (χ1n) is 8.24. The second-order valence-electron chi connectivity index (χ2n) is 6.36. The summed E-state index contributed by atoms with van der Waals surface area (Å²) in [6.07, 6.45) is 5.95.